The maximum atomic E-state index is 12.6. The lowest BCUT2D eigenvalue weighted by Gasteiger charge is -2.22. The number of rotatable bonds is 9. The topological polar surface area (TPSA) is 75.3 Å². The normalized spacial score (nSPS) is 10.8. The smallest absolute Gasteiger partial charge is 0.254 e. The summed E-state index contributed by atoms with van der Waals surface area (Å²) in [7, 11) is 0. The van der Waals surface area contributed by atoms with Gasteiger partial charge in [0.05, 0.1) is 17.9 Å². The second-order valence-electron chi connectivity index (χ2n) is 6.57. The van der Waals surface area contributed by atoms with Crippen LogP contribution in [-0.2, 0) is 17.6 Å². The van der Waals surface area contributed by atoms with E-state index in [1.165, 1.54) is 0 Å². The molecule has 0 unspecified atom stereocenters. The fourth-order valence-corrected chi connectivity index (χ4v) is 3.23. The molecule has 1 aromatic heterocycles. The second kappa shape index (κ2) is 10.1. The van der Waals surface area contributed by atoms with Crippen molar-refractivity contribution in [2.24, 2.45) is 0 Å². The molecule has 0 bridgehead atoms. The van der Waals surface area contributed by atoms with Gasteiger partial charge in [-0.15, -0.1) is 0 Å². The second-order valence-corrected chi connectivity index (χ2v) is 6.57. The summed E-state index contributed by atoms with van der Waals surface area (Å²) in [4.78, 5) is 34.2. The predicted octanol–water partition coefficient (Wildman–Crippen LogP) is 4.11. The number of hydrogen-bond acceptors (Lipinski definition) is 4. The average Bonchev–Trinajstić information content (AvgIpc) is 2.72. The van der Waals surface area contributed by atoms with Gasteiger partial charge < -0.3 is 14.6 Å². The molecule has 0 aliphatic carbocycles. The highest BCUT2D eigenvalue weighted by Crippen LogP contribution is 2.32. The number of anilines is 1. The molecule has 6 nitrogen and oxygen atoms in total. The third-order valence-corrected chi connectivity index (χ3v) is 4.70. The van der Waals surface area contributed by atoms with Crippen LogP contribution in [0.3, 0.4) is 0 Å². The Morgan fingerprint density at radius 2 is 1.89 bits per heavy atom. The summed E-state index contributed by atoms with van der Waals surface area (Å²) in [6, 6.07) is 5.61. The number of benzene rings is 1. The maximum absolute atomic E-state index is 12.6. The molecule has 0 spiro atoms. The zero-order valence-electron chi connectivity index (χ0n) is 17.6. The molecular formula is C22H31N3O3. The number of amides is 1. The molecule has 152 valence electrons. The Bertz CT molecular complexity index is 874. The molecule has 0 atom stereocenters. The lowest BCUT2D eigenvalue weighted by atomic mass is 10.1. The van der Waals surface area contributed by atoms with Gasteiger partial charge in [0.1, 0.15) is 11.6 Å². The van der Waals surface area contributed by atoms with E-state index < -0.39 is 0 Å². The van der Waals surface area contributed by atoms with Crippen LogP contribution in [0.25, 0.3) is 11.4 Å². The molecule has 2 aromatic rings. The number of nitrogens with zero attached hydrogens (tertiary/aromatic N) is 2. The Morgan fingerprint density at radius 1 is 1.14 bits per heavy atom. The van der Waals surface area contributed by atoms with Gasteiger partial charge in [0.25, 0.3) is 5.56 Å². The Morgan fingerprint density at radius 3 is 2.46 bits per heavy atom. The lowest BCUT2D eigenvalue weighted by Crippen LogP contribution is -2.29. The zero-order valence-corrected chi connectivity index (χ0v) is 17.6. The lowest BCUT2D eigenvalue weighted by molar-refractivity contribution is -0.118. The first-order valence-corrected chi connectivity index (χ1v) is 10.2. The Labute approximate surface area is 167 Å². The zero-order chi connectivity index (χ0) is 20.7. The maximum Gasteiger partial charge on any atom is 0.254 e. The van der Waals surface area contributed by atoms with E-state index in [1.54, 1.807) is 4.90 Å². The SMILES string of the molecule is CCCOc1ccc(N(CC)C(=O)CC)cc1-c1nc(CC)c(CC)c(=O)[nH]1. The number of nitrogens with one attached hydrogen (secondary N) is 1. The molecule has 28 heavy (non-hydrogen) atoms. The highest BCUT2D eigenvalue weighted by atomic mass is 16.5. The molecule has 0 aliphatic rings. The van der Waals surface area contributed by atoms with Crippen molar-refractivity contribution >= 4 is 11.6 Å². The van der Waals surface area contributed by atoms with Crippen LogP contribution in [0.15, 0.2) is 23.0 Å². The van der Waals surface area contributed by atoms with Crippen molar-refractivity contribution in [3.05, 3.63) is 39.8 Å². The van der Waals surface area contributed by atoms with Gasteiger partial charge in [0.15, 0.2) is 0 Å². The summed E-state index contributed by atoms with van der Waals surface area (Å²) < 4.78 is 5.90. The van der Waals surface area contributed by atoms with Gasteiger partial charge in [-0.05, 0) is 44.4 Å². The molecule has 6 heteroatoms. The van der Waals surface area contributed by atoms with Crippen LogP contribution in [0.4, 0.5) is 5.69 Å². The molecule has 1 amide bonds. The molecule has 1 N–H and O–H groups in total. The van der Waals surface area contributed by atoms with Crippen molar-refractivity contribution in [1.82, 2.24) is 9.97 Å². The van der Waals surface area contributed by atoms with Crippen LogP contribution < -0.4 is 15.2 Å². The van der Waals surface area contributed by atoms with Crippen LogP contribution >= 0.6 is 0 Å². The fraction of sp³-hybridized carbons (Fsp3) is 0.500. The van der Waals surface area contributed by atoms with Crippen molar-refractivity contribution < 1.29 is 9.53 Å². The monoisotopic (exact) mass is 385 g/mol. The number of carbonyl (C=O) groups is 1. The van der Waals surface area contributed by atoms with Gasteiger partial charge in [-0.2, -0.15) is 0 Å². The van der Waals surface area contributed by atoms with Crippen molar-refractivity contribution in [2.45, 2.75) is 60.3 Å². The van der Waals surface area contributed by atoms with Gasteiger partial charge in [-0.1, -0.05) is 27.7 Å². The summed E-state index contributed by atoms with van der Waals surface area (Å²) in [5, 5.41) is 0. The van der Waals surface area contributed by atoms with Crippen molar-refractivity contribution in [3.63, 3.8) is 0 Å². The molecule has 0 saturated heterocycles. The van der Waals surface area contributed by atoms with Crippen molar-refractivity contribution in [1.29, 1.82) is 0 Å². The molecule has 1 heterocycles. The number of aromatic amines is 1. The number of carbonyl (C=O) groups excluding carboxylic acids is 1. The van der Waals surface area contributed by atoms with Crippen LogP contribution in [0.1, 0.15) is 58.7 Å². The first kappa shape index (κ1) is 21.7. The van der Waals surface area contributed by atoms with E-state index in [4.69, 9.17) is 9.72 Å². The number of aromatic nitrogens is 2. The predicted molar refractivity (Wildman–Crippen MR) is 113 cm³/mol. The minimum Gasteiger partial charge on any atom is -0.493 e. The van der Waals surface area contributed by atoms with E-state index in [0.29, 0.717) is 49.6 Å². The summed E-state index contributed by atoms with van der Waals surface area (Å²) in [6.45, 7) is 10.9. The highest BCUT2D eigenvalue weighted by Gasteiger charge is 2.18. The molecule has 0 saturated carbocycles. The number of hydrogen-bond donors (Lipinski definition) is 1. The summed E-state index contributed by atoms with van der Waals surface area (Å²) in [5.74, 6) is 1.18. The van der Waals surface area contributed by atoms with Gasteiger partial charge in [-0.25, -0.2) is 4.98 Å². The van der Waals surface area contributed by atoms with Gasteiger partial charge >= 0.3 is 0 Å². The van der Waals surface area contributed by atoms with E-state index >= 15 is 0 Å². The summed E-state index contributed by atoms with van der Waals surface area (Å²) in [5.41, 5.74) is 2.87. The van der Waals surface area contributed by atoms with E-state index in [1.807, 2.05) is 52.8 Å². The van der Waals surface area contributed by atoms with Crippen LogP contribution in [0.2, 0.25) is 0 Å². The molecule has 2 rings (SSSR count). The molecule has 0 radical (unpaired) electrons. The minimum atomic E-state index is -0.117. The standard InChI is InChI=1S/C22H31N3O3/c1-6-13-28-19-12-11-15(25(10-5)20(26)9-4)14-17(19)21-23-18(8-3)16(7-2)22(27)24-21/h11-12,14H,6-10,13H2,1-5H3,(H,23,24,27). The quantitative estimate of drug-likeness (QED) is 0.705. The van der Waals surface area contributed by atoms with Gasteiger partial charge in [0, 0.05) is 24.2 Å². The molecule has 0 aliphatic heterocycles. The van der Waals surface area contributed by atoms with E-state index in [0.717, 1.165) is 23.4 Å². The Kier molecular flexibility index (Phi) is 7.79. The first-order valence-electron chi connectivity index (χ1n) is 10.2. The van der Waals surface area contributed by atoms with Gasteiger partial charge in [-0.3, -0.25) is 9.59 Å². The Balaban J connectivity index is 2.65. The fourth-order valence-electron chi connectivity index (χ4n) is 3.23. The highest BCUT2D eigenvalue weighted by molar-refractivity contribution is 5.94. The summed E-state index contributed by atoms with van der Waals surface area (Å²) >= 11 is 0. The van der Waals surface area contributed by atoms with Crippen molar-refractivity contribution in [2.75, 3.05) is 18.1 Å². The summed E-state index contributed by atoms with van der Waals surface area (Å²) in [6.07, 6.45) is 2.62. The van der Waals surface area contributed by atoms with Gasteiger partial charge in [0.2, 0.25) is 5.91 Å². The minimum absolute atomic E-state index is 0.0488. The van der Waals surface area contributed by atoms with Crippen molar-refractivity contribution in [3.8, 4) is 17.1 Å². The van der Waals surface area contributed by atoms with Crippen LogP contribution in [0, 0.1) is 0 Å². The van der Waals surface area contributed by atoms with Crippen LogP contribution in [-0.4, -0.2) is 29.0 Å². The Hall–Kier alpha value is -2.63. The third-order valence-electron chi connectivity index (χ3n) is 4.70. The third kappa shape index (κ3) is 4.61. The van der Waals surface area contributed by atoms with Crippen LogP contribution in [0.5, 0.6) is 5.75 Å². The number of aryl methyl sites for hydroxylation is 1. The van der Waals surface area contributed by atoms with E-state index in [-0.39, 0.29) is 11.5 Å². The van der Waals surface area contributed by atoms with E-state index in [9.17, 15) is 9.59 Å². The largest absolute Gasteiger partial charge is 0.493 e. The molecule has 1 aromatic carbocycles. The average molecular weight is 386 g/mol. The first-order chi connectivity index (χ1) is 13.5. The number of ether oxygens (including phenoxy) is 1. The van der Waals surface area contributed by atoms with E-state index in [2.05, 4.69) is 4.98 Å². The number of H-pyrrole nitrogens is 1. The molecular weight excluding hydrogens is 354 g/mol. The molecule has 0 fully saturated rings.